The number of hydrogen-bond donors (Lipinski definition) is 1. The molecule has 9 nitrogen and oxygen atoms in total. The van der Waals surface area contributed by atoms with Crippen LogP contribution in [0.1, 0.15) is 36.0 Å². The third kappa shape index (κ3) is 3.81. The van der Waals surface area contributed by atoms with Crippen LogP contribution in [0.15, 0.2) is 18.2 Å². The lowest BCUT2D eigenvalue weighted by Gasteiger charge is -2.35. The molecule has 0 aromatic heterocycles. The van der Waals surface area contributed by atoms with Gasteiger partial charge in [-0.3, -0.25) is 25.0 Å². The second-order valence-corrected chi connectivity index (χ2v) is 5.41. The van der Waals surface area contributed by atoms with E-state index in [1.54, 1.807) is 4.90 Å². The van der Waals surface area contributed by atoms with Crippen LogP contribution in [0, 0.1) is 20.2 Å². The van der Waals surface area contributed by atoms with Gasteiger partial charge in [0.1, 0.15) is 0 Å². The summed E-state index contributed by atoms with van der Waals surface area (Å²) in [6, 6.07) is 2.79. The van der Waals surface area contributed by atoms with E-state index in [1.807, 2.05) is 0 Å². The highest BCUT2D eigenvalue weighted by molar-refractivity contribution is 5.96. The summed E-state index contributed by atoms with van der Waals surface area (Å²) < 4.78 is 0. The number of hydrogen-bond acceptors (Lipinski definition) is 6. The number of likely N-dealkylation sites (tertiary alicyclic amines) is 1. The number of amides is 1. The second-order valence-electron chi connectivity index (χ2n) is 5.41. The van der Waals surface area contributed by atoms with Gasteiger partial charge in [-0.2, -0.15) is 0 Å². The number of aliphatic hydroxyl groups excluding tert-OH is 1. The maximum absolute atomic E-state index is 12.6. The predicted octanol–water partition coefficient (Wildman–Crippen LogP) is 1.88. The number of nitro groups is 2. The Bertz CT molecular complexity index is 599. The van der Waals surface area contributed by atoms with Crippen molar-refractivity contribution >= 4 is 17.3 Å². The fourth-order valence-corrected chi connectivity index (χ4v) is 2.81. The standard InChI is InChI=1S/C14H17N3O6/c18-6-4-11-3-1-2-5-15(11)14(19)10-7-12(16(20)21)9-13(8-10)17(22)23/h7-9,11,18H,1-6H2. The Kier molecular flexibility index (Phi) is 5.22. The summed E-state index contributed by atoms with van der Waals surface area (Å²) in [6.45, 7) is 0.406. The lowest BCUT2D eigenvalue weighted by Crippen LogP contribution is -2.44. The summed E-state index contributed by atoms with van der Waals surface area (Å²) in [5.41, 5.74) is -1.05. The molecule has 0 saturated carbocycles. The van der Waals surface area contributed by atoms with Gasteiger partial charge in [0.2, 0.25) is 0 Å². The minimum absolute atomic E-state index is 0.0659. The summed E-state index contributed by atoms with van der Waals surface area (Å²) >= 11 is 0. The van der Waals surface area contributed by atoms with E-state index in [0.29, 0.717) is 13.0 Å². The third-order valence-electron chi connectivity index (χ3n) is 3.92. The van der Waals surface area contributed by atoms with Crippen LogP contribution in [0.3, 0.4) is 0 Å². The first-order valence-electron chi connectivity index (χ1n) is 7.29. The zero-order valence-electron chi connectivity index (χ0n) is 12.4. The SMILES string of the molecule is O=C(c1cc([N+](=O)[O-])cc([N+](=O)[O-])c1)N1CCCCC1CCO. The number of carbonyl (C=O) groups is 1. The topological polar surface area (TPSA) is 127 Å². The van der Waals surface area contributed by atoms with Crippen molar-refractivity contribution in [3.8, 4) is 0 Å². The van der Waals surface area contributed by atoms with E-state index in [0.717, 1.165) is 37.5 Å². The smallest absolute Gasteiger partial charge is 0.277 e. The van der Waals surface area contributed by atoms with Crippen LogP contribution in [0.5, 0.6) is 0 Å². The minimum Gasteiger partial charge on any atom is -0.396 e. The van der Waals surface area contributed by atoms with Crippen LogP contribution in [0.25, 0.3) is 0 Å². The summed E-state index contributed by atoms with van der Waals surface area (Å²) in [7, 11) is 0. The average molecular weight is 323 g/mol. The quantitative estimate of drug-likeness (QED) is 0.651. The highest BCUT2D eigenvalue weighted by atomic mass is 16.6. The third-order valence-corrected chi connectivity index (χ3v) is 3.92. The molecule has 1 heterocycles. The van der Waals surface area contributed by atoms with Gasteiger partial charge in [-0.25, -0.2) is 0 Å². The largest absolute Gasteiger partial charge is 0.396 e. The Morgan fingerprint density at radius 2 is 1.78 bits per heavy atom. The van der Waals surface area contributed by atoms with Crippen LogP contribution < -0.4 is 0 Å². The van der Waals surface area contributed by atoms with Gasteiger partial charge in [-0.1, -0.05) is 0 Å². The number of rotatable bonds is 5. The first-order valence-corrected chi connectivity index (χ1v) is 7.29. The number of aliphatic hydroxyl groups is 1. The number of nitro benzene ring substituents is 2. The van der Waals surface area contributed by atoms with Crippen LogP contribution in [-0.4, -0.2) is 45.0 Å². The van der Waals surface area contributed by atoms with Crippen molar-refractivity contribution in [1.82, 2.24) is 4.90 Å². The molecule has 124 valence electrons. The van der Waals surface area contributed by atoms with Crippen LogP contribution in [-0.2, 0) is 0 Å². The molecule has 0 aliphatic carbocycles. The lowest BCUT2D eigenvalue weighted by atomic mass is 9.98. The Labute approximate surface area is 131 Å². The van der Waals surface area contributed by atoms with Crippen molar-refractivity contribution in [2.24, 2.45) is 0 Å². The molecule has 1 aromatic rings. The van der Waals surface area contributed by atoms with Crippen molar-refractivity contribution in [2.75, 3.05) is 13.2 Å². The first kappa shape index (κ1) is 16.8. The Morgan fingerprint density at radius 3 is 2.30 bits per heavy atom. The summed E-state index contributed by atoms with van der Waals surface area (Å²) in [6.07, 6.45) is 2.89. The highest BCUT2D eigenvalue weighted by Gasteiger charge is 2.29. The van der Waals surface area contributed by atoms with E-state index in [1.165, 1.54) is 0 Å². The fourth-order valence-electron chi connectivity index (χ4n) is 2.81. The zero-order valence-corrected chi connectivity index (χ0v) is 12.4. The van der Waals surface area contributed by atoms with Gasteiger partial charge in [-0.05, 0) is 25.7 Å². The van der Waals surface area contributed by atoms with E-state index >= 15 is 0 Å². The van der Waals surface area contributed by atoms with Crippen molar-refractivity contribution < 1.29 is 19.7 Å². The molecule has 23 heavy (non-hydrogen) atoms. The number of piperidine rings is 1. The zero-order chi connectivity index (χ0) is 17.0. The maximum atomic E-state index is 12.6. The van der Waals surface area contributed by atoms with E-state index in [2.05, 4.69) is 0 Å². The maximum Gasteiger partial charge on any atom is 0.277 e. The molecule has 1 atom stereocenters. The van der Waals surface area contributed by atoms with E-state index < -0.39 is 27.1 Å². The Hall–Kier alpha value is -2.55. The molecule has 0 spiro atoms. The van der Waals surface area contributed by atoms with Gasteiger partial charge >= 0.3 is 0 Å². The Morgan fingerprint density at radius 1 is 1.17 bits per heavy atom. The van der Waals surface area contributed by atoms with Gasteiger partial charge in [-0.15, -0.1) is 0 Å². The van der Waals surface area contributed by atoms with Crippen LogP contribution in [0.4, 0.5) is 11.4 Å². The Balaban J connectivity index is 2.37. The van der Waals surface area contributed by atoms with Gasteiger partial charge in [0.15, 0.2) is 0 Å². The molecule has 1 saturated heterocycles. The number of non-ortho nitro benzene ring substituents is 2. The predicted molar refractivity (Wildman–Crippen MR) is 80.1 cm³/mol. The first-order chi connectivity index (χ1) is 10.9. The van der Waals surface area contributed by atoms with Crippen LogP contribution >= 0.6 is 0 Å². The molecule has 1 aromatic carbocycles. The van der Waals surface area contributed by atoms with Gasteiger partial charge < -0.3 is 10.0 Å². The number of nitrogens with zero attached hydrogens (tertiary/aromatic N) is 3. The van der Waals surface area contributed by atoms with Gasteiger partial charge in [0.05, 0.1) is 21.5 Å². The molecular weight excluding hydrogens is 306 g/mol. The van der Waals surface area contributed by atoms with E-state index in [9.17, 15) is 25.0 Å². The molecule has 1 fully saturated rings. The minimum atomic E-state index is -0.759. The second kappa shape index (κ2) is 7.14. The monoisotopic (exact) mass is 323 g/mol. The van der Waals surface area contributed by atoms with Crippen molar-refractivity contribution in [1.29, 1.82) is 0 Å². The molecule has 1 N–H and O–H groups in total. The molecule has 9 heteroatoms. The highest BCUT2D eigenvalue weighted by Crippen LogP contribution is 2.26. The van der Waals surface area contributed by atoms with E-state index in [4.69, 9.17) is 5.11 Å². The van der Waals surface area contributed by atoms with E-state index in [-0.39, 0.29) is 18.2 Å². The molecular formula is C14H17N3O6. The van der Waals surface area contributed by atoms with Gasteiger partial charge in [0, 0.05) is 31.3 Å². The van der Waals surface area contributed by atoms with Crippen molar-refractivity contribution in [3.63, 3.8) is 0 Å². The average Bonchev–Trinajstić information content (AvgIpc) is 2.54. The summed E-state index contributed by atoms with van der Waals surface area (Å²) in [5, 5.41) is 30.9. The molecule has 1 unspecified atom stereocenters. The van der Waals surface area contributed by atoms with Crippen molar-refractivity contribution in [2.45, 2.75) is 31.7 Å². The lowest BCUT2D eigenvalue weighted by molar-refractivity contribution is -0.394. The van der Waals surface area contributed by atoms with Crippen LogP contribution in [0.2, 0.25) is 0 Å². The molecule has 0 bridgehead atoms. The molecule has 1 aliphatic rings. The van der Waals surface area contributed by atoms with Crippen molar-refractivity contribution in [3.05, 3.63) is 44.0 Å². The molecule has 1 amide bonds. The molecule has 1 aliphatic heterocycles. The van der Waals surface area contributed by atoms with Gasteiger partial charge in [0.25, 0.3) is 17.3 Å². The normalized spacial score (nSPS) is 17.8. The molecule has 0 radical (unpaired) electrons. The summed E-state index contributed by atoms with van der Waals surface area (Å²) in [5.74, 6) is -0.477. The molecule has 2 rings (SSSR count). The fraction of sp³-hybridized carbons (Fsp3) is 0.500. The number of carbonyl (C=O) groups excluding carboxylic acids is 1. The number of benzene rings is 1. The summed E-state index contributed by atoms with van der Waals surface area (Å²) in [4.78, 5) is 34.5.